The highest BCUT2D eigenvalue weighted by atomic mass is 14.9. The molecule has 0 fully saturated rings. The maximum absolute atomic E-state index is 3.66. The summed E-state index contributed by atoms with van der Waals surface area (Å²) in [4.78, 5) is 0. The highest BCUT2D eigenvalue weighted by Gasteiger charge is 2.07. The molecular weight excluding hydrogens is 268 g/mol. The van der Waals surface area contributed by atoms with E-state index in [2.05, 4.69) is 84.6 Å². The monoisotopic (exact) mass is 292 g/mol. The lowest BCUT2D eigenvalue weighted by molar-refractivity contribution is 0.515. The average molecular weight is 292 g/mol. The quantitative estimate of drug-likeness (QED) is 0.717. The van der Waals surface area contributed by atoms with Crippen molar-refractivity contribution >= 4 is 10.9 Å². The first-order chi connectivity index (χ1) is 10.7. The molecule has 22 heavy (non-hydrogen) atoms. The van der Waals surface area contributed by atoms with Crippen LogP contribution in [0.3, 0.4) is 0 Å². The van der Waals surface area contributed by atoms with Gasteiger partial charge in [-0.3, -0.25) is 0 Å². The molecule has 114 valence electrons. The Bertz CT molecular complexity index is 728. The molecule has 0 spiro atoms. The smallest absolute Gasteiger partial charge is 0.0481 e. The Labute approximate surface area is 132 Å². The van der Waals surface area contributed by atoms with E-state index in [9.17, 15) is 0 Å². The van der Waals surface area contributed by atoms with Crippen molar-refractivity contribution in [3.63, 3.8) is 0 Å². The lowest BCUT2D eigenvalue weighted by atomic mass is 10.1. The number of aromatic nitrogens is 1. The number of benzene rings is 2. The molecular formula is C20H24N2. The van der Waals surface area contributed by atoms with Crippen LogP contribution in [0.5, 0.6) is 0 Å². The highest BCUT2D eigenvalue weighted by molar-refractivity contribution is 5.83. The highest BCUT2D eigenvalue weighted by Crippen LogP contribution is 2.20. The first kappa shape index (κ1) is 14.9. The zero-order valence-electron chi connectivity index (χ0n) is 13.4. The van der Waals surface area contributed by atoms with Crippen LogP contribution in [0.15, 0.2) is 60.8 Å². The van der Waals surface area contributed by atoms with Crippen LogP contribution in [0.2, 0.25) is 0 Å². The third-order valence-corrected chi connectivity index (χ3v) is 4.33. The maximum atomic E-state index is 3.66. The third kappa shape index (κ3) is 3.40. The summed E-state index contributed by atoms with van der Waals surface area (Å²) in [6, 6.07) is 19.8. The zero-order valence-corrected chi connectivity index (χ0v) is 13.4. The van der Waals surface area contributed by atoms with Crippen LogP contribution in [0.4, 0.5) is 0 Å². The van der Waals surface area contributed by atoms with Crippen LogP contribution < -0.4 is 5.32 Å². The molecule has 0 radical (unpaired) electrons. The molecule has 0 amide bonds. The molecule has 1 N–H and O–H groups in total. The van der Waals surface area contributed by atoms with Gasteiger partial charge in [0.1, 0.15) is 0 Å². The Morgan fingerprint density at radius 3 is 2.55 bits per heavy atom. The van der Waals surface area contributed by atoms with E-state index < -0.39 is 0 Å². The Balaban J connectivity index is 1.57. The Morgan fingerprint density at radius 2 is 1.73 bits per heavy atom. The van der Waals surface area contributed by atoms with Crippen molar-refractivity contribution in [2.75, 3.05) is 0 Å². The minimum Gasteiger partial charge on any atom is -0.350 e. The topological polar surface area (TPSA) is 17.0 Å². The average Bonchev–Trinajstić information content (AvgIpc) is 2.89. The standard InChI is InChI=1S/C20H24N2/c1-16(12-13-17-8-4-3-5-9-17)21-14-18-15-22(2)20-11-7-6-10-19(18)20/h3-11,15-16,21H,12-14H2,1-2H3/t16-/m0/s1. The van der Waals surface area contributed by atoms with Gasteiger partial charge < -0.3 is 9.88 Å². The molecule has 1 atom stereocenters. The number of rotatable bonds is 6. The van der Waals surface area contributed by atoms with Gasteiger partial charge in [-0.05, 0) is 37.0 Å². The molecule has 1 aromatic heterocycles. The fraction of sp³-hybridized carbons (Fsp3) is 0.300. The van der Waals surface area contributed by atoms with Gasteiger partial charge in [-0.1, -0.05) is 48.5 Å². The molecule has 0 saturated carbocycles. The van der Waals surface area contributed by atoms with Gasteiger partial charge >= 0.3 is 0 Å². The first-order valence-corrected chi connectivity index (χ1v) is 8.04. The largest absolute Gasteiger partial charge is 0.350 e. The molecule has 2 nitrogen and oxygen atoms in total. The molecule has 2 heteroatoms. The summed E-state index contributed by atoms with van der Waals surface area (Å²) in [6.07, 6.45) is 4.53. The summed E-state index contributed by atoms with van der Waals surface area (Å²) < 4.78 is 2.21. The minimum atomic E-state index is 0.513. The molecule has 0 aliphatic carbocycles. The number of nitrogens with zero attached hydrogens (tertiary/aromatic N) is 1. The van der Waals surface area contributed by atoms with Gasteiger partial charge in [0.2, 0.25) is 0 Å². The van der Waals surface area contributed by atoms with Crippen LogP contribution in [0, 0.1) is 0 Å². The van der Waals surface area contributed by atoms with Crippen molar-refractivity contribution in [2.24, 2.45) is 7.05 Å². The Hall–Kier alpha value is -2.06. The summed E-state index contributed by atoms with van der Waals surface area (Å²) in [5, 5.41) is 5.02. The molecule has 0 aliphatic rings. The second kappa shape index (κ2) is 6.80. The number of hydrogen-bond acceptors (Lipinski definition) is 1. The predicted molar refractivity (Wildman–Crippen MR) is 94.0 cm³/mol. The number of fused-ring (bicyclic) bond motifs is 1. The first-order valence-electron chi connectivity index (χ1n) is 8.04. The summed E-state index contributed by atoms with van der Waals surface area (Å²) in [7, 11) is 2.12. The van der Waals surface area contributed by atoms with Crippen molar-refractivity contribution in [1.29, 1.82) is 0 Å². The van der Waals surface area contributed by atoms with E-state index in [-0.39, 0.29) is 0 Å². The summed E-state index contributed by atoms with van der Waals surface area (Å²) in [5.41, 5.74) is 4.10. The molecule has 0 saturated heterocycles. The van der Waals surface area contributed by atoms with Crippen molar-refractivity contribution in [3.8, 4) is 0 Å². The van der Waals surface area contributed by atoms with Gasteiger partial charge in [0.15, 0.2) is 0 Å². The van der Waals surface area contributed by atoms with Crippen LogP contribution in [0.1, 0.15) is 24.5 Å². The van der Waals surface area contributed by atoms with Gasteiger partial charge in [-0.25, -0.2) is 0 Å². The molecule has 0 unspecified atom stereocenters. The fourth-order valence-corrected chi connectivity index (χ4v) is 2.98. The van der Waals surface area contributed by atoms with E-state index in [1.807, 2.05) is 0 Å². The summed E-state index contributed by atoms with van der Waals surface area (Å²) in [5.74, 6) is 0. The van der Waals surface area contributed by atoms with Gasteiger partial charge in [0.25, 0.3) is 0 Å². The Morgan fingerprint density at radius 1 is 1.00 bits per heavy atom. The van der Waals surface area contributed by atoms with Crippen LogP contribution in [-0.2, 0) is 20.0 Å². The molecule has 3 aromatic rings. The molecule has 1 heterocycles. The molecule has 3 rings (SSSR count). The fourth-order valence-electron chi connectivity index (χ4n) is 2.98. The maximum Gasteiger partial charge on any atom is 0.0481 e. The minimum absolute atomic E-state index is 0.513. The van der Waals surface area contributed by atoms with Crippen molar-refractivity contribution in [2.45, 2.75) is 32.4 Å². The molecule has 0 bridgehead atoms. The van der Waals surface area contributed by atoms with Crippen molar-refractivity contribution in [3.05, 3.63) is 71.9 Å². The van der Waals surface area contributed by atoms with Gasteiger partial charge in [-0.15, -0.1) is 0 Å². The van der Waals surface area contributed by atoms with Crippen molar-refractivity contribution in [1.82, 2.24) is 9.88 Å². The van der Waals surface area contributed by atoms with E-state index in [1.165, 1.54) is 22.0 Å². The Kier molecular flexibility index (Phi) is 4.59. The lowest BCUT2D eigenvalue weighted by Crippen LogP contribution is -2.25. The third-order valence-electron chi connectivity index (χ3n) is 4.33. The number of aryl methyl sites for hydroxylation is 2. The normalized spacial score (nSPS) is 12.6. The van der Waals surface area contributed by atoms with E-state index in [4.69, 9.17) is 0 Å². The van der Waals surface area contributed by atoms with Crippen LogP contribution >= 0.6 is 0 Å². The number of para-hydroxylation sites is 1. The molecule has 2 aromatic carbocycles. The number of nitrogens with one attached hydrogen (secondary N) is 1. The van der Waals surface area contributed by atoms with E-state index in [0.29, 0.717) is 6.04 Å². The van der Waals surface area contributed by atoms with E-state index in [1.54, 1.807) is 0 Å². The second-order valence-corrected chi connectivity index (χ2v) is 6.09. The predicted octanol–water partition coefficient (Wildman–Crippen LogP) is 4.29. The summed E-state index contributed by atoms with van der Waals surface area (Å²) >= 11 is 0. The number of hydrogen-bond donors (Lipinski definition) is 1. The van der Waals surface area contributed by atoms with Crippen molar-refractivity contribution < 1.29 is 0 Å². The summed E-state index contributed by atoms with van der Waals surface area (Å²) in [6.45, 7) is 3.20. The van der Waals surface area contributed by atoms with Gasteiger partial charge in [-0.2, -0.15) is 0 Å². The SMILES string of the molecule is C[C@@H](CCc1ccccc1)NCc1cn(C)c2ccccc12. The van der Waals surface area contributed by atoms with Crippen LogP contribution in [-0.4, -0.2) is 10.6 Å². The van der Waals surface area contributed by atoms with Gasteiger partial charge in [0, 0.05) is 36.7 Å². The second-order valence-electron chi connectivity index (χ2n) is 6.09. The van der Waals surface area contributed by atoms with E-state index >= 15 is 0 Å². The van der Waals surface area contributed by atoms with Gasteiger partial charge in [0.05, 0.1) is 0 Å². The lowest BCUT2D eigenvalue weighted by Gasteiger charge is -2.13. The van der Waals surface area contributed by atoms with Crippen LogP contribution in [0.25, 0.3) is 10.9 Å². The zero-order chi connectivity index (χ0) is 15.4. The molecule has 0 aliphatic heterocycles. The van der Waals surface area contributed by atoms with E-state index in [0.717, 1.165) is 19.4 Å².